The van der Waals surface area contributed by atoms with E-state index in [-0.39, 0.29) is 0 Å². The third-order valence-corrected chi connectivity index (χ3v) is 3.12. The Morgan fingerprint density at radius 2 is 1.67 bits per heavy atom. The Balaban J connectivity index is 2.13. The molecule has 0 saturated carbocycles. The number of halogens is 1. The van der Waals surface area contributed by atoms with Crippen LogP contribution >= 0.6 is 0 Å². The van der Waals surface area contributed by atoms with Crippen molar-refractivity contribution >= 4 is 10.9 Å². The fourth-order valence-electron chi connectivity index (χ4n) is 2.18. The molecule has 0 aliphatic rings. The summed E-state index contributed by atoms with van der Waals surface area (Å²) in [5.74, 6) is -0.393. The normalized spacial score (nSPS) is 12.8. The van der Waals surface area contributed by atoms with E-state index in [0.29, 0.717) is 11.1 Å². The second-order valence-corrected chi connectivity index (χ2v) is 4.21. The van der Waals surface area contributed by atoms with Gasteiger partial charge in [0.15, 0.2) is 0 Å². The first-order valence-electron chi connectivity index (χ1n) is 5.76. The molecule has 0 amide bonds. The summed E-state index contributed by atoms with van der Waals surface area (Å²) in [6, 6.07) is 13.9. The van der Waals surface area contributed by atoms with E-state index >= 15 is 0 Å². The summed E-state index contributed by atoms with van der Waals surface area (Å²) in [7, 11) is 0. The molecule has 0 saturated heterocycles. The highest BCUT2D eigenvalue weighted by Crippen LogP contribution is 2.29. The quantitative estimate of drug-likeness (QED) is 0.708. The molecule has 1 atom stereocenters. The average molecular weight is 241 g/mol. The van der Waals surface area contributed by atoms with E-state index in [2.05, 4.69) is 4.98 Å². The van der Waals surface area contributed by atoms with Gasteiger partial charge in [-0.3, -0.25) is 0 Å². The zero-order chi connectivity index (χ0) is 12.5. The molecule has 1 unspecified atom stereocenters. The number of fused-ring (bicyclic) bond motifs is 1. The van der Waals surface area contributed by atoms with Crippen molar-refractivity contribution in [1.82, 2.24) is 4.98 Å². The van der Waals surface area contributed by atoms with Crippen LogP contribution in [0.5, 0.6) is 0 Å². The third kappa shape index (κ3) is 1.69. The van der Waals surface area contributed by atoms with Crippen LogP contribution in [0.15, 0.2) is 54.7 Å². The maximum atomic E-state index is 13.7. The number of benzene rings is 2. The van der Waals surface area contributed by atoms with Gasteiger partial charge in [0.2, 0.25) is 0 Å². The van der Waals surface area contributed by atoms with Crippen molar-refractivity contribution in [3.63, 3.8) is 0 Å². The predicted molar refractivity (Wildman–Crippen MR) is 68.8 cm³/mol. The van der Waals surface area contributed by atoms with Crippen LogP contribution in [0.3, 0.4) is 0 Å². The maximum Gasteiger partial charge on any atom is 0.129 e. The van der Waals surface area contributed by atoms with E-state index < -0.39 is 11.9 Å². The van der Waals surface area contributed by atoms with Crippen LogP contribution < -0.4 is 0 Å². The highest BCUT2D eigenvalue weighted by molar-refractivity contribution is 5.83. The molecule has 1 heterocycles. The molecule has 0 bridgehead atoms. The van der Waals surface area contributed by atoms with E-state index in [0.717, 1.165) is 10.9 Å². The Kier molecular flexibility index (Phi) is 2.61. The summed E-state index contributed by atoms with van der Waals surface area (Å²) in [6.45, 7) is 0. The van der Waals surface area contributed by atoms with Crippen molar-refractivity contribution in [3.05, 3.63) is 71.7 Å². The van der Waals surface area contributed by atoms with E-state index in [1.54, 1.807) is 24.4 Å². The maximum absolute atomic E-state index is 13.7. The zero-order valence-corrected chi connectivity index (χ0v) is 9.60. The number of aromatic amines is 1. The van der Waals surface area contributed by atoms with Crippen LogP contribution in [0.2, 0.25) is 0 Å². The summed E-state index contributed by atoms with van der Waals surface area (Å²) in [6.07, 6.45) is 0.768. The zero-order valence-electron chi connectivity index (χ0n) is 9.60. The lowest BCUT2D eigenvalue weighted by Gasteiger charge is -2.11. The van der Waals surface area contributed by atoms with Gasteiger partial charge < -0.3 is 10.1 Å². The molecule has 3 aromatic rings. The molecular weight excluding hydrogens is 229 g/mol. The summed E-state index contributed by atoms with van der Waals surface area (Å²) in [5.41, 5.74) is 1.92. The van der Waals surface area contributed by atoms with Gasteiger partial charge in [0, 0.05) is 28.2 Å². The first kappa shape index (κ1) is 11.0. The lowest BCUT2D eigenvalue weighted by atomic mass is 10.0. The predicted octanol–water partition coefficient (Wildman–Crippen LogP) is 3.39. The molecule has 0 aliphatic heterocycles. The molecule has 0 radical (unpaired) electrons. The largest absolute Gasteiger partial charge is 0.383 e. The highest BCUT2D eigenvalue weighted by atomic mass is 19.1. The van der Waals surface area contributed by atoms with Crippen molar-refractivity contribution in [1.29, 1.82) is 0 Å². The van der Waals surface area contributed by atoms with Gasteiger partial charge in [0.05, 0.1) is 0 Å². The third-order valence-electron chi connectivity index (χ3n) is 3.12. The minimum atomic E-state index is -0.956. The van der Waals surface area contributed by atoms with Gasteiger partial charge in [-0.05, 0) is 12.1 Å². The lowest BCUT2D eigenvalue weighted by Crippen LogP contribution is -2.01. The fourth-order valence-corrected chi connectivity index (χ4v) is 2.18. The number of aromatic nitrogens is 1. The van der Waals surface area contributed by atoms with Crippen LogP contribution in [0.4, 0.5) is 4.39 Å². The number of nitrogens with one attached hydrogen (secondary N) is 1. The van der Waals surface area contributed by atoms with Crippen LogP contribution in [0.1, 0.15) is 17.2 Å². The number of rotatable bonds is 2. The van der Waals surface area contributed by atoms with E-state index in [9.17, 15) is 9.50 Å². The molecule has 2 N–H and O–H groups in total. The van der Waals surface area contributed by atoms with E-state index in [4.69, 9.17) is 0 Å². The number of hydrogen-bond donors (Lipinski definition) is 2. The van der Waals surface area contributed by atoms with Crippen molar-refractivity contribution < 1.29 is 9.50 Å². The van der Waals surface area contributed by atoms with Gasteiger partial charge in [-0.15, -0.1) is 0 Å². The SMILES string of the molecule is OC(c1ccccc1F)c1c[nH]c2ccccc12. The number of hydrogen-bond acceptors (Lipinski definition) is 1. The van der Waals surface area contributed by atoms with Crippen LogP contribution in [-0.2, 0) is 0 Å². The summed E-state index contributed by atoms with van der Waals surface area (Å²) in [4.78, 5) is 3.08. The van der Waals surface area contributed by atoms with Crippen LogP contribution in [0, 0.1) is 5.82 Å². The number of aliphatic hydroxyl groups is 1. The van der Waals surface area contributed by atoms with Gasteiger partial charge in [-0.2, -0.15) is 0 Å². The monoisotopic (exact) mass is 241 g/mol. The number of para-hydroxylation sites is 1. The molecular formula is C15H12FNO. The molecule has 1 aromatic heterocycles. The smallest absolute Gasteiger partial charge is 0.129 e. The Morgan fingerprint density at radius 1 is 0.944 bits per heavy atom. The number of aliphatic hydroxyl groups excluding tert-OH is 1. The first-order chi connectivity index (χ1) is 8.77. The molecule has 18 heavy (non-hydrogen) atoms. The summed E-state index contributed by atoms with van der Waals surface area (Å²) in [5, 5.41) is 11.2. The van der Waals surface area contributed by atoms with Crippen molar-refractivity contribution in [2.24, 2.45) is 0 Å². The molecule has 0 fully saturated rings. The van der Waals surface area contributed by atoms with Gasteiger partial charge >= 0.3 is 0 Å². The standard InChI is InChI=1S/C15H12FNO/c16-13-7-3-1-6-11(13)15(18)12-9-17-14-8-4-2-5-10(12)14/h1-9,15,17-18H. The minimum absolute atomic E-state index is 0.294. The van der Waals surface area contributed by atoms with Crippen LogP contribution in [-0.4, -0.2) is 10.1 Å². The van der Waals surface area contributed by atoms with E-state index in [1.807, 2.05) is 24.3 Å². The van der Waals surface area contributed by atoms with Gasteiger partial charge in [-0.1, -0.05) is 36.4 Å². The topological polar surface area (TPSA) is 36.0 Å². The minimum Gasteiger partial charge on any atom is -0.383 e. The summed E-state index contributed by atoms with van der Waals surface area (Å²) >= 11 is 0. The molecule has 0 aliphatic carbocycles. The Hall–Kier alpha value is -2.13. The molecule has 2 aromatic carbocycles. The average Bonchev–Trinajstić information content (AvgIpc) is 2.82. The van der Waals surface area contributed by atoms with E-state index in [1.165, 1.54) is 6.07 Å². The first-order valence-corrected chi connectivity index (χ1v) is 5.76. The van der Waals surface area contributed by atoms with Crippen molar-refractivity contribution in [2.75, 3.05) is 0 Å². The van der Waals surface area contributed by atoms with Crippen molar-refractivity contribution in [3.8, 4) is 0 Å². The second kappa shape index (κ2) is 4.27. The Morgan fingerprint density at radius 3 is 2.50 bits per heavy atom. The van der Waals surface area contributed by atoms with Crippen molar-refractivity contribution in [2.45, 2.75) is 6.10 Å². The molecule has 90 valence electrons. The summed E-state index contributed by atoms with van der Waals surface area (Å²) < 4.78 is 13.7. The van der Waals surface area contributed by atoms with Crippen LogP contribution in [0.25, 0.3) is 10.9 Å². The second-order valence-electron chi connectivity index (χ2n) is 4.21. The number of H-pyrrole nitrogens is 1. The van der Waals surface area contributed by atoms with Gasteiger partial charge in [0.1, 0.15) is 11.9 Å². The highest BCUT2D eigenvalue weighted by Gasteiger charge is 2.17. The lowest BCUT2D eigenvalue weighted by molar-refractivity contribution is 0.216. The van der Waals surface area contributed by atoms with Gasteiger partial charge in [-0.25, -0.2) is 4.39 Å². The Labute approximate surface area is 104 Å². The van der Waals surface area contributed by atoms with Gasteiger partial charge in [0.25, 0.3) is 0 Å². The Bertz CT molecular complexity index is 690. The fraction of sp³-hybridized carbons (Fsp3) is 0.0667. The molecule has 3 rings (SSSR count). The molecule has 3 heteroatoms. The molecule has 0 spiro atoms. The molecule has 2 nitrogen and oxygen atoms in total.